The second-order valence-corrected chi connectivity index (χ2v) is 2.69. The highest BCUT2D eigenvalue weighted by atomic mass is 16.5. The van der Waals surface area contributed by atoms with Gasteiger partial charge in [-0.1, -0.05) is 12.2 Å². The second-order valence-electron chi connectivity index (χ2n) is 2.69. The Bertz CT molecular complexity index is 120. The first-order valence-corrected chi connectivity index (χ1v) is 3.74. The molecule has 0 saturated carbocycles. The van der Waals surface area contributed by atoms with E-state index in [1.807, 2.05) is 6.92 Å². The Morgan fingerprint density at radius 1 is 1.50 bits per heavy atom. The predicted octanol–water partition coefficient (Wildman–Crippen LogP) is 1.10. The maximum atomic E-state index is 8.77. The summed E-state index contributed by atoms with van der Waals surface area (Å²) in [6.45, 7) is 2.16. The van der Waals surface area contributed by atoms with Gasteiger partial charge in [-0.2, -0.15) is 0 Å². The number of aliphatic hydroxyl groups excluding tert-OH is 1. The van der Waals surface area contributed by atoms with E-state index >= 15 is 0 Å². The molecular formula is C8H14O2. The third-order valence-electron chi connectivity index (χ3n) is 1.66. The number of aliphatic hydroxyl groups is 1. The largest absolute Gasteiger partial charge is 0.394 e. The summed E-state index contributed by atoms with van der Waals surface area (Å²) in [5.74, 6) is 0. The van der Waals surface area contributed by atoms with Crippen LogP contribution in [0.4, 0.5) is 0 Å². The molecule has 0 aromatic rings. The molecule has 2 unspecified atom stereocenters. The van der Waals surface area contributed by atoms with Crippen molar-refractivity contribution in [2.24, 2.45) is 0 Å². The predicted molar refractivity (Wildman–Crippen MR) is 39.8 cm³/mol. The summed E-state index contributed by atoms with van der Waals surface area (Å²) in [6, 6.07) is 0. The van der Waals surface area contributed by atoms with Gasteiger partial charge in [-0.25, -0.2) is 0 Å². The molecule has 58 valence electrons. The van der Waals surface area contributed by atoms with Gasteiger partial charge in [0.2, 0.25) is 0 Å². The van der Waals surface area contributed by atoms with Crippen molar-refractivity contribution in [3.8, 4) is 0 Å². The van der Waals surface area contributed by atoms with Gasteiger partial charge in [0, 0.05) is 0 Å². The normalized spacial score (nSPS) is 33.8. The maximum Gasteiger partial charge on any atom is 0.0843 e. The van der Waals surface area contributed by atoms with Crippen molar-refractivity contribution in [1.29, 1.82) is 0 Å². The highest BCUT2D eigenvalue weighted by molar-refractivity contribution is 4.89. The number of ether oxygens (including phenoxy) is 1. The lowest BCUT2D eigenvalue weighted by atomic mass is 10.2. The van der Waals surface area contributed by atoms with Crippen molar-refractivity contribution in [1.82, 2.24) is 0 Å². The Morgan fingerprint density at radius 3 is 2.90 bits per heavy atom. The monoisotopic (exact) mass is 142 g/mol. The minimum atomic E-state index is 0.0220. The maximum absolute atomic E-state index is 8.77. The highest BCUT2D eigenvalue weighted by Gasteiger charge is 2.12. The zero-order valence-electron chi connectivity index (χ0n) is 6.29. The fourth-order valence-electron chi connectivity index (χ4n) is 1.09. The Morgan fingerprint density at radius 2 is 2.20 bits per heavy atom. The Labute approximate surface area is 61.5 Å². The average molecular weight is 142 g/mol. The summed E-state index contributed by atoms with van der Waals surface area (Å²) in [6.07, 6.45) is 6.28. The molecule has 0 amide bonds. The fraction of sp³-hybridized carbons (Fsp3) is 0.750. The molecule has 2 heteroatoms. The van der Waals surface area contributed by atoms with Gasteiger partial charge >= 0.3 is 0 Å². The van der Waals surface area contributed by atoms with E-state index in [9.17, 15) is 0 Å². The third kappa shape index (κ3) is 2.12. The third-order valence-corrected chi connectivity index (χ3v) is 1.66. The first kappa shape index (κ1) is 7.76. The molecule has 0 bridgehead atoms. The first-order valence-electron chi connectivity index (χ1n) is 3.74. The van der Waals surface area contributed by atoms with E-state index in [1.54, 1.807) is 0 Å². The molecule has 0 radical (unpaired) electrons. The molecule has 0 spiro atoms. The van der Waals surface area contributed by atoms with E-state index < -0.39 is 0 Å². The second kappa shape index (κ2) is 3.74. The Balaban J connectivity index is 2.40. The molecule has 0 aromatic heterocycles. The summed E-state index contributed by atoms with van der Waals surface area (Å²) < 4.78 is 5.45. The summed E-state index contributed by atoms with van der Waals surface area (Å²) in [5.41, 5.74) is 0. The van der Waals surface area contributed by atoms with Crippen molar-refractivity contribution in [3.63, 3.8) is 0 Å². The van der Waals surface area contributed by atoms with E-state index in [-0.39, 0.29) is 18.8 Å². The lowest BCUT2D eigenvalue weighted by molar-refractivity contribution is -0.0240. The topological polar surface area (TPSA) is 29.5 Å². The van der Waals surface area contributed by atoms with E-state index in [0.717, 1.165) is 12.8 Å². The van der Waals surface area contributed by atoms with E-state index in [0.29, 0.717) is 0 Å². The zero-order chi connectivity index (χ0) is 7.40. The van der Waals surface area contributed by atoms with Gasteiger partial charge in [-0.05, 0) is 19.8 Å². The number of rotatable bonds is 1. The molecule has 1 heterocycles. The van der Waals surface area contributed by atoms with Crippen LogP contribution in [0.25, 0.3) is 0 Å². The van der Waals surface area contributed by atoms with Gasteiger partial charge in [0.15, 0.2) is 0 Å². The lowest BCUT2D eigenvalue weighted by Crippen LogP contribution is -2.20. The summed E-state index contributed by atoms with van der Waals surface area (Å²) in [4.78, 5) is 0. The zero-order valence-corrected chi connectivity index (χ0v) is 6.29. The SMILES string of the molecule is CC1CC=CCC(CO)O1. The van der Waals surface area contributed by atoms with Gasteiger partial charge in [0.1, 0.15) is 0 Å². The molecule has 0 aromatic carbocycles. The fourth-order valence-corrected chi connectivity index (χ4v) is 1.09. The first-order chi connectivity index (χ1) is 4.83. The lowest BCUT2D eigenvalue weighted by Gasteiger charge is -2.15. The van der Waals surface area contributed by atoms with Gasteiger partial charge in [0.05, 0.1) is 18.8 Å². The molecular weight excluding hydrogens is 128 g/mol. The quantitative estimate of drug-likeness (QED) is 0.555. The molecule has 1 rings (SSSR count). The van der Waals surface area contributed by atoms with Crippen LogP contribution in [0.2, 0.25) is 0 Å². The standard InChI is InChI=1S/C8H14O2/c1-7-4-2-3-5-8(6-9)10-7/h2-3,7-9H,4-6H2,1H3. The van der Waals surface area contributed by atoms with Crippen LogP contribution in [-0.4, -0.2) is 23.9 Å². The summed E-state index contributed by atoms with van der Waals surface area (Å²) >= 11 is 0. The molecule has 10 heavy (non-hydrogen) atoms. The van der Waals surface area contributed by atoms with Gasteiger partial charge in [0.25, 0.3) is 0 Å². The van der Waals surface area contributed by atoms with Crippen LogP contribution in [-0.2, 0) is 4.74 Å². The van der Waals surface area contributed by atoms with Crippen LogP contribution in [0, 0.1) is 0 Å². The van der Waals surface area contributed by atoms with Crippen LogP contribution in [0.1, 0.15) is 19.8 Å². The van der Waals surface area contributed by atoms with Crippen molar-refractivity contribution in [3.05, 3.63) is 12.2 Å². The van der Waals surface area contributed by atoms with Crippen LogP contribution in [0.5, 0.6) is 0 Å². The molecule has 1 aliphatic rings. The summed E-state index contributed by atoms with van der Waals surface area (Å²) in [5, 5.41) is 8.77. The highest BCUT2D eigenvalue weighted by Crippen LogP contribution is 2.11. The average Bonchev–Trinajstić information content (AvgIpc) is 2.13. The molecule has 0 fully saturated rings. The van der Waals surface area contributed by atoms with Crippen molar-refractivity contribution in [2.75, 3.05) is 6.61 Å². The minimum Gasteiger partial charge on any atom is -0.394 e. The van der Waals surface area contributed by atoms with Gasteiger partial charge < -0.3 is 9.84 Å². The molecule has 2 nitrogen and oxygen atoms in total. The van der Waals surface area contributed by atoms with Crippen molar-refractivity contribution in [2.45, 2.75) is 32.0 Å². The van der Waals surface area contributed by atoms with Crippen LogP contribution in [0.3, 0.4) is 0 Å². The summed E-state index contributed by atoms with van der Waals surface area (Å²) in [7, 11) is 0. The van der Waals surface area contributed by atoms with Crippen molar-refractivity contribution >= 4 is 0 Å². The van der Waals surface area contributed by atoms with Crippen LogP contribution >= 0.6 is 0 Å². The van der Waals surface area contributed by atoms with E-state index in [4.69, 9.17) is 9.84 Å². The number of hydrogen-bond donors (Lipinski definition) is 1. The molecule has 2 atom stereocenters. The van der Waals surface area contributed by atoms with Crippen LogP contribution < -0.4 is 0 Å². The van der Waals surface area contributed by atoms with Crippen molar-refractivity contribution < 1.29 is 9.84 Å². The molecule has 1 aliphatic heterocycles. The molecule has 1 N–H and O–H groups in total. The van der Waals surface area contributed by atoms with Gasteiger partial charge in [-0.3, -0.25) is 0 Å². The van der Waals surface area contributed by atoms with E-state index in [1.165, 1.54) is 0 Å². The Kier molecular flexibility index (Phi) is 2.90. The minimum absolute atomic E-state index is 0.0220. The number of hydrogen-bond acceptors (Lipinski definition) is 2. The van der Waals surface area contributed by atoms with E-state index in [2.05, 4.69) is 12.2 Å². The molecule has 0 aliphatic carbocycles. The van der Waals surface area contributed by atoms with Gasteiger partial charge in [-0.15, -0.1) is 0 Å². The Hall–Kier alpha value is -0.340. The van der Waals surface area contributed by atoms with Crippen LogP contribution in [0.15, 0.2) is 12.2 Å². The smallest absolute Gasteiger partial charge is 0.0843 e. The molecule has 0 saturated heterocycles.